The lowest BCUT2D eigenvalue weighted by molar-refractivity contribution is -0.00820. The van der Waals surface area contributed by atoms with Gasteiger partial charge in [-0.1, -0.05) is 54.1 Å². The van der Waals surface area contributed by atoms with E-state index in [0.717, 1.165) is 31.6 Å². The van der Waals surface area contributed by atoms with Gasteiger partial charge < -0.3 is 9.64 Å². The maximum Gasteiger partial charge on any atom is 0.410 e. The van der Waals surface area contributed by atoms with Gasteiger partial charge in [0.2, 0.25) is 10.0 Å². The third kappa shape index (κ3) is 6.49. The summed E-state index contributed by atoms with van der Waals surface area (Å²) in [7, 11) is -4.45. The topological polar surface area (TPSA) is 70.2 Å². The van der Waals surface area contributed by atoms with E-state index in [0.29, 0.717) is 57.3 Å². The number of halogens is 3. The zero-order valence-electron chi connectivity index (χ0n) is 24.4. The summed E-state index contributed by atoms with van der Waals surface area (Å²) in [4.78, 5) is 17.1. The number of piperidine rings is 1. The van der Waals surface area contributed by atoms with Gasteiger partial charge in [0.15, 0.2) is 0 Å². The number of hydrogen-bond acceptors (Lipinski definition) is 5. The lowest BCUT2D eigenvalue weighted by atomic mass is 9.90. The van der Waals surface area contributed by atoms with Crippen LogP contribution in [0.5, 0.6) is 0 Å². The van der Waals surface area contributed by atoms with Crippen LogP contribution in [-0.2, 0) is 21.3 Å². The Balaban J connectivity index is 1.25. The Labute approximate surface area is 262 Å². The molecule has 0 aromatic heterocycles. The summed E-state index contributed by atoms with van der Waals surface area (Å²) in [5.41, 5.74) is 0.638. The minimum Gasteiger partial charge on any atom is -0.441 e. The van der Waals surface area contributed by atoms with Crippen LogP contribution >= 0.6 is 11.6 Å². The molecule has 0 bridgehead atoms. The van der Waals surface area contributed by atoms with Crippen molar-refractivity contribution in [1.82, 2.24) is 14.1 Å². The molecule has 2 saturated heterocycles. The molecule has 7 nitrogen and oxygen atoms in total. The van der Waals surface area contributed by atoms with Crippen molar-refractivity contribution < 1.29 is 26.7 Å². The second-order valence-corrected chi connectivity index (χ2v) is 14.2. The fourth-order valence-corrected chi connectivity index (χ4v) is 8.78. The molecule has 2 atom stereocenters. The fourth-order valence-electron chi connectivity index (χ4n) is 6.65. The fraction of sp³-hybridized carbons (Fsp3) is 0.424. The van der Waals surface area contributed by atoms with Crippen molar-refractivity contribution in [3.63, 3.8) is 0 Å². The molecule has 0 radical (unpaired) electrons. The molecule has 2 heterocycles. The molecule has 3 aliphatic rings. The van der Waals surface area contributed by atoms with Crippen molar-refractivity contribution in [2.24, 2.45) is 0 Å². The number of rotatable bonds is 7. The second-order valence-electron chi connectivity index (χ2n) is 12.0. The number of sulfonamides is 1. The maximum absolute atomic E-state index is 15.1. The molecule has 234 valence electrons. The van der Waals surface area contributed by atoms with Gasteiger partial charge in [-0.05, 0) is 80.0 Å². The van der Waals surface area contributed by atoms with Gasteiger partial charge in [-0.3, -0.25) is 4.90 Å². The summed E-state index contributed by atoms with van der Waals surface area (Å²) < 4.78 is 65.6. The highest BCUT2D eigenvalue weighted by atomic mass is 35.5. The van der Waals surface area contributed by atoms with E-state index in [1.165, 1.54) is 34.1 Å². The number of amides is 1. The number of carbonyl (C=O) groups is 1. The van der Waals surface area contributed by atoms with E-state index in [9.17, 15) is 17.6 Å². The molecule has 11 heteroatoms. The molecule has 6 rings (SSSR count). The monoisotopic (exact) mass is 643 g/mol. The van der Waals surface area contributed by atoms with Crippen molar-refractivity contribution in [3.05, 3.63) is 101 Å². The maximum atomic E-state index is 15.1. The second kappa shape index (κ2) is 12.7. The van der Waals surface area contributed by atoms with E-state index in [1.54, 1.807) is 11.0 Å². The summed E-state index contributed by atoms with van der Waals surface area (Å²) in [5.74, 6) is -1.46. The van der Waals surface area contributed by atoms with Crippen LogP contribution in [0, 0.1) is 11.6 Å². The van der Waals surface area contributed by atoms with Crippen LogP contribution in [0.2, 0.25) is 5.02 Å². The molecule has 3 fully saturated rings. The van der Waals surface area contributed by atoms with E-state index in [-0.39, 0.29) is 5.02 Å². The molecule has 0 spiro atoms. The minimum atomic E-state index is -4.45. The molecular weight excluding hydrogens is 608 g/mol. The van der Waals surface area contributed by atoms with Crippen molar-refractivity contribution in [2.75, 3.05) is 26.2 Å². The van der Waals surface area contributed by atoms with Gasteiger partial charge in [0.25, 0.3) is 0 Å². The molecule has 1 amide bonds. The van der Waals surface area contributed by atoms with E-state index in [2.05, 4.69) is 17.0 Å². The smallest absolute Gasteiger partial charge is 0.410 e. The Morgan fingerprint density at radius 2 is 1.70 bits per heavy atom. The minimum absolute atomic E-state index is 0.0747. The van der Waals surface area contributed by atoms with E-state index in [4.69, 9.17) is 16.3 Å². The Morgan fingerprint density at radius 3 is 2.43 bits per heavy atom. The van der Waals surface area contributed by atoms with Gasteiger partial charge in [0.1, 0.15) is 22.1 Å². The van der Waals surface area contributed by atoms with Crippen molar-refractivity contribution in [3.8, 4) is 0 Å². The Bertz CT molecular complexity index is 1610. The van der Waals surface area contributed by atoms with E-state index in [1.807, 2.05) is 18.2 Å². The van der Waals surface area contributed by atoms with Crippen molar-refractivity contribution >= 4 is 27.7 Å². The van der Waals surface area contributed by atoms with Gasteiger partial charge in [-0.25, -0.2) is 22.0 Å². The predicted molar refractivity (Wildman–Crippen MR) is 164 cm³/mol. The number of carbonyl (C=O) groups excluding carboxylic acids is 1. The highest BCUT2D eigenvalue weighted by molar-refractivity contribution is 7.89. The molecule has 0 unspecified atom stereocenters. The van der Waals surface area contributed by atoms with Crippen LogP contribution < -0.4 is 0 Å². The van der Waals surface area contributed by atoms with Gasteiger partial charge in [-0.2, -0.15) is 4.31 Å². The number of ether oxygens (including phenoxy) is 1. The van der Waals surface area contributed by atoms with E-state index < -0.39 is 50.3 Å². The van der Waals surface area contributed by atoms with E-state index >= 15 is 4.39 Å². The Kier molecular flexibility index (Phi) is 8.97. The molecule has 3 aromatic rings. The van der Waals surface area contributed by atoms with Gasteiger partial charge >= 0.3 is 6.09 Å². The first kappa shape index (κ1) is 31.0. The van der Waals surface area contributed by atoms with Gasteiger partial charge in [0, 0.05) is 37.7 Å². The summed E-state index contributed by atoms with van der Waals surface area (Å²) >= 11 is 5.94. The Morgan fingerprint density at radius 1 is 0.909 bits per heavy atom. The first-order valence-electron chi connectivity index (χ1n) is 15.1. The zero-order valence-corrected chi connectivity index (χ0v) is 26.0. The number of benzene rings is 3. The number of hydrogen-bond donors (Lipinski definition) is 0. The van der Waals surface area contributed by atoms with Crippen molar-refractivity contribution in [1.29, 1.82) is 0 Å². The lowest BCUT2D eigenvalue weighted by Crippen LogP contribution is -2.54. The largest absolute Gasteiger partial charge is 0.441 e. The van der Waals surface area contributed by atoms with Crippen LogP contribution in [0.15, 0.2) is 77.7 Å². The molecule has 1 aliphatic carbocycles. The van der Waals surface area contributed by atoms with Crippen LogP contribution in [0.4, 0.5) is 13.6 Å². The highest BCUT2D eigenvalue weighted by Gasteiger charge is 2.60. The van der Waals surface area contributed by atoms with Gasteiger partial charge in [0.05, 0.1) is 12.1 Å². The molecule has 44 heavy (non-hydrogen) atoms. The van der Waals surface area contributed by atoms with Crippen molar-refractivity contribution in [2.45, 2.75) is 67.6 Å². The quantitative estimate of drug-likeness (QED) is 0.284. The zero-order chi connectivity index (χ0) is 30.9. The summed E-state index contributed by atoms with van der Waals surface area (Å²) in [6.45, 7) is 3.37. The normalized spacial score (nSPS) is 22.8. The first-order valence-corrected chi connectivity index (χ1v) is 17.0. The summed E-state index contributed by atoms with van der Waals surface area (Å²) in [6.07, 6.45) is 2.78. The average molecular weight is 644 g/mol. The first-order chi connectivity index (χ1) is 21.2. The molecule has 0 N–H and O–H groups in total. The van der Waals surface area contributed by atoms with Crippen LogP contribution in [-0.4, -0.2) is 66.4 Å². The third-order valence-corrected chi connectivity index (χ3v) is 11.2. The highest BCUT2D eigenvalue weighted by Crippen LogP contribution is 2.53. The third-order valence-electron chi connectivity index (χ3n) is 8.99. The number of nitrogens with zero attached hydrogens (tertiary/aromatic N) is 3. The summed E-state index contributed by atoms with van der Waals surface area (Å²) in [6, 6.07) is 18.0. The Hall–Kier alpha value is -3.05. The lowest BCUT2D eigenvalue weighted by Gasteiger charge is -2.44. The molecular formula is C33H36ClF2N3O4S. The standard InChI is InChI=1S/C33H36ClF2N3O4S/c34-26-13-14-30(28(36)22-26)44(41,42)39-29(25-9-4-10-27(35)21-25)11-5-12-31(39)33(15-16-33)43-32(40)38-18-6-17-37(19-20-38)23-24-7-2-1-3-8-24/h1-4,7-10,13-14,21-22,29,31H,5-6,11-12,15-20,23H2/t29-,31+/m0/s1. The van der Waals surface area contributed by atoms with Crippen LogP contribution in [0.1, 0.15) is 55.7 Å². The van der Waals surface area contributed by atoms with Crippen LogP contribution in [0.25, 0.3) is 0 Å². The predicted octanol–water partition coefficient (Wildman–Crippen LogP) is 6.78. The van der Waals surface area contributed by atoms with Gasteiger partial charge in [-0.15, -0.1) is 0 Å². The summed E-state index contributed by atoms with van der Waals surface area (Å²) in [5, 5.41) is 0.0747. The molecule has 2 aliphatic heterocycles. The SMILES string of the molecule is O=C(OC1([C@H]2CCC[C@@H](c3cccc(F)c3)N2S(=O)(=O)c2ccc(Cl)cc2F)CC1)N1CCCN(Cc2ccccc2)CC1. The van der Waals surface area contributed by atoms with Crippen LogP contribution in [0.3, 0.4) is 0 Å². The average Bonchev–Trinajstić information content (AvgIpc) is 3.82. The molecule has 1 saturated carbocycles. The molecule has 3 aromatic carbocycles.